The molecule has 22 heavy (non-hydrogen) atoms. The molecule has 0 bridgehead atoms. The number of benzene rings is 1. The molecule has 1 fully saturated rings. The highest BCUT2D eigenvalue weighted by Crippen LogP contribution is 2.27. The monoisotopic (exact) mass is 315 g/mol. The Kier molecular flexibility index (Phi) is 4.30. The molecule has 6 heteroatoms. The topological polar surface area (TPSA) is 57.7 Å². The van der Waals surface area contributed by atoms with Crippen molar-refractivity contribution >= 4 is 17.4 Å². The van der Waals surface area contributed by atoms with Crippen LogP contribution in [0.1, 0.15) is 37.8 Å². The van der Waals surface area contributed by atoms with Crippen LogP contribution in [0.15, 0.2) is 24.3 Å². The number of nitrogens with zero attached hydrogens (tertiary/aromatic N) is 5. The quantitative estimate of drug-likeness (QED) is 0.869. The van der Waals surface area contributed by atoms with Crippen LogP contribution in [0.2, 0.25) is 5.02 Å². The van der Waals surface area contributed by atoms with Crippen LogP contribution in [-0.2, 0) is 0 Å². The van der Waals surface area contributed by atoms with Gasteiger partial charge in [0.15, 0.2) is 5.82 Å². The number of rotatable bonds is 3. The van der Waals surface area contributed by atoms with Gasteiger partial charge in [0, 0.05) is 13.1 Å². The fourth-order valence-corrected chi connectivity index (χ4v) is 3.18. The lowest BCUT2D eigenvalue weighted by Crippen LogP contribution is -2.34. The van der Waals surface area contributed by atoms with Crippen molar-refractivity contribution in [2.45, 2.75) is 38.1 Å². The molecule has 0 amide bonds. The summed E-state index contributed by atoms with van der Waals surface area (Å²) >= 11 is 6.19. The predicted octanol–water partition coefficient (Wildman–Crippen LogP) is 3.56. The molecule has 0 radical (unpaired) electrons. The zero-order chi connectivity index (χ0) is 15.5. The summed E-state index contributed by atoms with van der Waals surface area (Å²) in [5.74, 6) is 0.634. The number of nitriles is 1. The number of hydrogen-bond donors (Lipinski definition) is 0. The summed E-state index contributed by atoms with van der Waals surface area (Å²) in [5, 5.41) is 18.7. The first-order valence-electron chi connectivity index (χ1n) is 7.56. The van der Waals surface area contributed by atoms with E-state index in [1.807, 2.05) is 25.2 Å². The van der Waals surface area contributed by atoms with Crippen LogP contribution < -0.4 is 4.90 Å². The summed E-state index contributed by atoms with van der Waals surface area (Å²) in [6.45, 7) is 0. The lowest BCUT2D eigenvalue weighted by molar-refractivity contribution is 0.425. The highest BCUT2D eigenvalue weighted by molar-refractivity contribution is 6.32. The summed E-state index contributed by atoms with van der Waals surface area (Å²) in [6.07, 6.45) is 6.04. The van der Waals surface area contributed by atoms with Crippen molar-refractivity contribution in [3.63, 3.8) is 0 Å². The van der Waals surface area contributed by atoms with Crippen molar-refractivity contribution in [2.75, 3.05) is 11.9 Å². The molecule has 1 saturated carbocycles. The summed E-state index contributed by atoms with van der Waals surface area (Å²) in [7, 11) is 2.00. The zero-order valence-corrected chi connectivity index (χ0v) is 13.3. The number of halogens is 1. The van der Waals surface area contributed by atoms with E-state index in [2.05, 4.69) is 21.2 Å². The van der Waals surface area contributed by atoms with Crippen molar-refractivity contribution < 1.29 is 0 Å². The molecule has 1 aromatic carbocycles. The molecule has 3 rings (SSSR count). The second-order valence-corrected chi connectivity index (χ2v) is 6.03. The first kappa shape index (κ1) is 14.9. The van der Waals surface area contributed by atoms with Crippen LogP contribution in [0.3, 0.4) is 0 Å². The fraction of sp³-hybridized carbons (Fsp3) is 0.438. The lowest BCUT2D eigenvalue weighted by Gasteiger charge is -2.31. The number of para-hydroxylation sites is 1. The van der Waals surface area contributed by atoms with Gasteiger partial charge in [0.25, 0.3) is 0 Å². The van der Waals surface area contributed by atoms with Crippen molar-refractivity contribution in [1.82, 2.24) is 15.0 Å². The number of aromatic nitrogens is 3. The maximum absolute atomic E-state index is 9.37. The first-order chi connectivity index (χ1) is 10.7. The number of hydrogen-bond acceptors (Lipinski definition) is 4. The third-order valence-electron chi connectivity index (χ3n) is 4.23. The minimum absolute atomic E-state index is 0.341. The molecule has 1 aromatic heterocycles. The fourth-order valence-electron chi connectivity index (χ4n) is 2.97. The molecule has 2 aromatic rings. The third kappa shape index (κ3) is 2.79. The largest absolute Gasteiger partial charge is 0.353 e. The second-order valence-electron chi connectivity index (χ2n) is 5.63. The molecule has 0 aliphatic heterocycles. The highest BCUT2D eigenvalue weighted by Gasteiger charge is 2.24. The van der Waals surface area contributed by atoms with Gasteiger partial charge in [0.2, 0.25) is 5.69 Å². The van der Waals surface area contributed by atoms with Crippen LogP contribution in [0.4, 0.5) is 5.82 Å². The minimum Gasteiger partial charge on any atom is -0.353 e. The van der Waals surface area contributed by atoms with Gasteiger partial charge in [0.05, 0.1) is 5.02 Å². The molecular weight excluding hydrogens is 298 g/mol. The smallest absolute Gasteiger partial charge is 0.207 e. The minimum atomic E-state index is 0.341. The Hall–Kier alpha value is -2.06. The Morgan fingerprint density at radius 3 is 2.64 bits per heavy atom. The van der Waals surface area contributed by atoms with Crippen LogP contribution in [-0.4, -0.2) is 28.1 Å². The van der Waals surface area contributed by atoms with E-state index in [0.717, 1.165) is 12.8 Å². The molecule has 0 N–H and O–H groups in total. The van der Waals surface area contributed by atoms with E-state index in [4.69, 9.17) is 11.6 Å². The van der Waals surface area contributed by atoms with Crippen LogP contribution >= 0.6 is 11.6 Å². The molecule has 0 unspecified atom stereocenters. The van der Waals surface area contributed by atoms with Gasteiger partial charge in [-0.1, -0.05) is 43.0 Å². The van der Waals surface area contributed by atoms with Gasteiger partial charge in [-0.2, -0.15) is 5.26 Å². The third-order valence-corrected chi connectivity index (χ3v) is 4.55. The summed E-state index contributed by atoms with van der Waals surface area (Å²) in [4.78, 5) is 3.55. The Balaban J connectivity index is 1.95. The average molecular weight is 316 g/mol. The summed E-state index contributed by atoms with van der Waals surface area (Å²) < 4.78 is 0. The standard InChI is InChI=1S/C16H18ClN5/c1-21(12-7-3-2-4-8-12)16-14(11-18)19-22(20-16)15-10-6-5-9-13(15)17/h5-6,9-10,12H,2-4,7-8H2,1H3. The van der Waals surface area contributed by atoms with Gasteiger partial charge in [-0.15, -0.1) is 15.0 Å². The van der Waals surface area contributed by atoms with Crippen molar-refractivity contribution in [1.29, 1.82) is 5.26 Å². The van der Waals surface area contributed by atoms with Gasteiger partial charge < -0.3 is 4.90 Å². The van der Waals surface area contributed by atoms with E-state index in [-0.39, 0.29) is 0 Å². The van der Waals surface area contributed by atoms with E-state index in [1.165, 1.54) is 24.1 Å². The van der Waals surface area contributed by atoms with E-state index in [9.17, 15) is 5.26 Å². The molecule has 5 nitrogen and oxygen atoms in total. The molecule has 1 heterocycles. The van der Waals surface area contributed by atoms with E-state index in [0.29, 0.717) is 28.3 Å². The molecular formula is C16H18ClN5. The Labute approximate surface area is 135 Å². The highest BCUT2D eigenvalue weighted by atomic mass is 35.5. The van der Waals surface area contributed by atoms with Gasteiger partial charge in [-0.05, 0) is 25.0 Å². The molecule has 1 aliphatic rings. The van der Waals surface area contributed by atoms with E-state index in [1.54, 1.807) is 6.07 Å². The molecule has 1 aliphatic carbocycles. The Morgan fingerprint density at radius 2 is 1.95 bits per heavy atom. The van der Waals surface area contributed by atoms with Crippen LogP contribution in [0, 0.1) is 11.3 Å². The van der Waals surface area contributed by atoms with Crippen molar-refractivity contribution in [2.24, 2.45) is 0 Å². The Bertz CT molecular complexity index is 697. The molecule has 0 atom stereocenters. The number of anilines is 1. The van der Waals surface area contributed by atoms with E-state index < -0.39 is 0 Å². The average Bonchev–Trinajstić information content (AvgIpc) is 2.99. The maximum Gasteiger partial charge on any atom is 0.207 e. The normalized spacial score (nSPS) is 15.5. The van der Waals surface area contributed by atoms with Gasteiger partial charge in [0.1, 0.15) is 11.8 Å². The van der Waals surface area contributed by atoms with Crippen LogP contribution in [0.5, 0.6) is 0 Å². The lowest BCUT2D eigenvalue weighted by atomic mass is 9.94. The van der Waals surface area contributed by atoms with Gasteiger partial charge >= 0.3 is 0 Å². The molecule has 0 saturated heterocycles. The molecule has 114 valence electrons. The SMILES string of the molecule is CN(c1nn(-c2ccccc2Cl)nc1C#N)C1CCCCC1. The first-order valence-corrected chi connectivity index (χ1v) is 7.93. The van der Waals surface area contributed by atoms with Gasteiger partial charge in [-0.3, -0.25) is 0 Å². The zero-order valence-electron chi connectivity index (χ0n) is 12.5. The maximum atomic E-state index is 9.37. The predicted molar refractivity (Wildman–Crippen MR) is 86.4 cm³/mol. The van der Waals surface area contributed by atoms with Crippen molar-refractivity contribution in [3.05, 3.63) is 35.0 Å². The molecule has 0 spiro atoms. The second kappa shape index (κ2) is 6.37. The van der Waals surface area contributed by atoms with Crippen molar-refractivity contribution in [3.8, 4) is 11.8 Å². The Morgan fingerprint density at radius 1 is 1.23 bits per heavy atom. The van der Waals surface area contributed by atoms with Gasteiger partial charge in [-0.25, -0.2) is 0 Å². The van der Waals surface area contributed by atoms with E-state index >= 15 is 0 Å². The summed E-state index contributed by atoms with van der Waals surface area (Å²) in [5.41, 5.74) is 1.02. The summed E-state index contributed by atoms with van der Waals surface area (Å²) in [6, 6.07) is 9.94. The van der Waals surface area contributed by atoms with Crippen LogP contribution in [0.25, 0.3) is 5.69 Å².